The van der Waals surface area contributed by atoms with E-state index >= 15 is 0 Å². The van der Waals surface area contributed by atoms with Gasteiger partial charge in [0.25, 0.3) is 0 Å². The normalized spacial score (nSPS) is 13.2. The highest BCUT2D eigenvalue weighted by atomic mass is 19.4. The van der Waals surface area contributed by atoms with Gasteiger partial charge in [0.15, 0.2) is 0 Å². The maximum Gasteiger partial charge on any atom is 0.573 e. The molecular formula is C13H13F3N2O2. The Morgan fingerprint density at radius 2 is 1.95 bits per heavy atom. The molecule has 0 spiro atoms. The maximum absolute atomic E-state index is 12.0. The molecule has 0 bridgehead atoms. The van der Waals surface area contributed by atoms with Crippen LogP contribution in [0.4, 0.5) is 13.2 Å². The fourth-order valence-electron chi connectivity index (χ4n) is 1.76. The van der Waals surface area contributed by atoms with Gasteiger partial charge >= 0.3 is 6.36 Å². The second-order valence-corrected chi connectivity index (χ2v) is 4.38. The average molecular weight is 286 g/mol. The minimum Gasteiger partial charge on any atom is -0.406 e. The molecule has 108 valence electrons. The molecule has 0 aliphatic carbocycles. The Balaban J connectivity index is 2.00. The number of alkyl halides is 3. The van der Waals surface area contributed by atoms with Crippen molar-refractivity contribution in [1.29, 1.82) is 0 Å². The van der Waals surface area contributed by atoms with Crippen molar-refractivity contribution >= 4 is 0 Å². The molecule has 2 rings (SSSR count). The molecule has 1 aromatic carbocycles. The molecule has 0 amide bonds. The first-order valence-corrected chi connectivity index (χ1v) is 5.84. The summed E-state index contributed by atoms with van der Waals surface area (Å²) < 4.78 is 41.5. The summed E-state index contributed by atoms with van der Waals surface area (Å²) in [6.45, 7) is 0. The zero-order valence-corrected chi connectivity index (χ0v) is 10.6. The number of halogens is 3. The van der Waals surface area contributed by atoms with E-state index in [1.807, 2.05) is 0 Å². The summed E-state index contributed by atoms with van der Waals surface area (Å²) in [5.74, 6) is -0.284. The van der Waals surface area contributed by atoms with Crippen LogP contribution in [0.2, 0.25) is 0 Å². The summed E-state index contributed by atoms with van der Waals surface area (Å²) in [6, 6.07) is 5.39. The lowest BCUT2D eigenvalue weighted by molar-refractivity contribution is -0.274. The fraction of sp³-hybridized carbons (Fsp3) is 0.308. The first kappa shape index (κ1) is 14.4. The Morgan fingerprint density at radius 1 is 1.30 bits per heavy atom. The average Bonchev–Trinajstić information content (AvgIpc) is 2.77. The van der Waals surface area contributed by atoms with Crippen LogP contribution in [0, 0.1) is 0 Å². The summed E-state index contributed by atoms with van der Waals surface area (Å²) in [6.07, 6.45) is -1.98. The number of aliphatic hydroxyl groups is 1. The molecule has 7 heteroatoms. The summed E-state index contributed by atoms with van der Waals surface area (Å²) in [5.41, 5.74) is 1.21. The van der Waals surface area contributed by atoms with E-state index in [0.717, 1.165) is 0 Å². The topological polar surface area (TPSA) is 47.3 Å². The van der Waals surface area contributed by atoms with Crippen molar-refractivity contribution < 1.29 is 23.0 Å². The van der Waals surface area contributed by atoms with Crippen LogP contribution in [-0.4, -0.2) is 21.0 Å². The van der Waals surface area contributed by atoms with Gasteiger partial charge in [-0.3, -0.25) is 0 Å². The van der Waals surface area contributed by atoms with Crippen LogP contribution in [-0.2, 0) is 13.5 Å². The Bertz CT molecular complexity index is 564. The predicted molar refractivity (Wildman–Crippen MR) is 65.0 cm³/mol. The molecule has 1 aromatic heterocycles. The van der Waals surface area contributed by atoms with E-state index in [-0.39, 0.29) is 12.2 Å². The highest BCUT2D eigenvalue weighted by Gasteiger charge is 2.30. The minimum atomic E-state index is -4.70. The van der Waals surface area contributed by atoms with Crippen molar-refractivity contribution in [1.82, 2.24) is 9.55 Å². The second-order valence-electron chi connectivity index (χ2n) is 4.38. The number of aryl methyl sites for hydroxylation is 1. The molecule has 0 aliphatic heterocycles. The van der Waals surface area contributed by atoms with Crippen molar-refractivity contribution in [2.45, 2.75) is 18.9 Å². The van der Waals surface area contributed by atoms with Crippen LogP contribution in [0.5, 0.6) is 5.75 Å². The molecule has 0 saturated carbocycles. The third-order valence-corrected chi connectivity index (χ3v) is 2.65. The van der Waals surface area contributed by atoms with Gasteiger partial charge in [0, 0.05) is 19.7 Å². The number of aliphatic hydroxyl groups excluding tert-OH is 1. The van der Waals surface area contributed by atoms with Crippen LogP contribution < -0.4 is 4.74 Å². The van der Waals surface area contributed by atoms with Crippen LogP contribution in [0.3, 0.4) is 0 Å². The number of aromatic nitrogens is 2. The highest BCUT2D eigenvalue weighted by Crippen LogP contribution is 2.24. The fourth-order valence-corrected chi connectivity index (χ4v) is 1.76. The SMILES string of the molecule is Cn1cnc(C(O)Cc2ccc(OC(F)(F)F)cc2)c1. The van der Waals surface area contributed by atoms with Gasteiger partial charge in [-0.2, -0.15) is 0 Å². The van der Waals surface area contributed by atoms with Crippen molar-refractivity contribution in [3.8, 4) is 5.75 Å². The third-order valence-electron chi connectivity index (χ3n) is 2.65. The molecule has 1 atom stereocenters. The molecule has 2 aromatic rings. The molecule has 0 fully saturated rings. The standard InChI is InChI=1S/C13H13F3N2O2/c1-18-7-11(17-8-18)12(19)6-9-2-4-10(5-3-9)20-13(14,15)16/h2-5,7-8,12,19H,6H2,1H3. The number of hydrogen-bond acceptors (Lipinski definition) is 3. The van der Waals surface area contributed by atoms with Crippen molar-refractivity contribution in [3.63, 3.8) is 0 Å². The monoisotopic (exact) mass is 286 g/mol. The van der Waals surface area contributed by atoms with Crippen molar-refractivity contribution in [3.05, 3.63) is 48.0 Å². The third kappa shape index (κ3) is 3.99. The van der Waals surface area contributed by atoms with Crippen LogP contribution >= 0.6 is 0 Å². The molecule has 0 radical (unpaired) electrons. The van der Waals surface area contributed by atoms with E-state index in [2.05, 4.69) is 9.72 Å². The summed E-state index contributed by atoms with van der Waals surface area (Å²) in [5, 5.41) is 9.96. The van der Waals surface area contributed by atoms with Gasteiger partial charge in [0.05, 0.1) is 12.0 Å². The van der Waals surface area contributed by atoms with Crippen molar-refractivity contribution in [2.24, 2.45) is 7.05 Å². The van der Waals surface area contributed by atoms with E-state index in [4.69, 9.17) is 0 Å². The number of ether oxygens (including phenoxy) is 1. The molecular weight excluding hydrogens is 273 g/mol. The molecule has 0 saturated heterocycles. The zero-order valence-electron chi connectivity index (χ0n) is 10.6. The van der Waals surface area contributed by atoms with Crippen LogP contribution in [0.25, 0.3) is 0 Å². The van der Waals surface area contributed by atoms with E-state index in [1.165, 1.54) is 24.3 Å². The van der Waals surface area contributed by atoms with Gasteiger partial charge in [-0.25, -0.2) is 4.98 Å². The van der Waals surface area contributed by atoms with Gasteiger partial charge in [0.1, 0.15) is 11.9 Å². The van der Waals surface area contributed by atoms with E-state index in [9.17, 15) is 18.3 Å². The van der Waals surface area contributed by atoms with Gasteiger partial charge in [-0.05, 0) is 17.7 Å². The minimum absolute atomic E-state index is 0.267. The number of imidazole rings is 1. The zero-order chi connectivity index (χ0) is 14.8. The largest absolute Gasteiger partial charge is 0.573 e. The summed E-state index contributed by atoms with van der Waals surface area (Å²) >= 11 is 0. The lowest BCUT2D eigenvalue weighted by Crippen LogP contribution is -2.17. The smallest absolute Gasteiger partial charge is 0.406 e. The first-order valence-electron chi connectivity index (χ1n) is 5.84. The number of benzene rings is 1. The molecule has 1 unspecified atom stereocenters. The molecule has 1 N–H and O–H groups in total. The molecule has 4 nitrogen and oxygen atoms in total. The summed E-state index contributed by atoms with van der Waals surface area (Å²) in [4.78, 5) is 4.02. The maximum atomic E-state index is 12.0. The second kappa shape index (κ2) is 5.54. The van der Waals surface area contributed by atoms with Gasteiger partial charge in [-0.1, -0.05) is 12.1 Å². The molecule has 0 aliphatic rings. The van der Waals surface area contributed by atoms with Crippen LogP contribution in [0.15, 0.2) is 36.8 Å². The Labute approximate surface area is 113 Å². The van der Waals surface area contributed by atoms with Crippen molar-refractivity contribution in [2.75, 3.05) is 0 Å². The summed E-state index contributed by atoms with van der Waals surface area (Å²) in [7, 11) is 1.78. The Kier molecular flexibility index (Phi) is 3.99. The lowest BCUT2D eigenvalue weighted by Gasteiger charge is -2.11. The van der Waals surface area contributed by atoms with Gasteiger partial charge in [0.2, 0.25) is 0 Å². The number of rotatable bonds is 4. The predicted octanol–water partition coefficient (Wildman–Crippen LogP) is 2.59. The lowest BCUT2D eigenvalue weighted by atomic mass is 10.1. The quantitative estimate of drug-likeness (QED) is 0.939. The van der Waals surface area contributed by atoms with Gasteiger partial charge in [-0.15, -0.1) is 13.2 Å². The Hall–Kier alpha value is -2.02. The van der Waals surface area contributed by atoms with Gasteiger partial charge < -0.3 is 14.4 Å². The molecule has 1 heterocycles. The van der Waals surface area contributed by atoms with E-state index in [0.29, 0.717) is 11.3 Å². The van der Waals surface area contributed by atoms with E-state index < -0.39 is 12.5 Å². The molecule has 20 heavy (non-hydrogen) atoms. The van der Waals surface area contributed by atoms with E-state index in [1.54, 1.807) is 24.1 Å². The Morgan fingerprint density at radius 3 is 2.45 bits per heavy atom. The highest BCUT2D eigenvalue weighted by molar-refractivity contribution is 5.28. The first-order chi connectivity index (χ1) is 9.33. The number of hydrogen-bond donors (Lipinski definition) is 1. The van der Waals surface area contributed by atoms with Crippen LogP contribution in [0.1, 0.15) is 17.4 Å². The number of nitrogens with zero attached hydrogens (tertiary/aromatic N) is 2.